The van der Waals surface area contributed by atoms with Crippen LogP contribution in [-0.4, -0.2) is 18.7 Å². The average molecular weight is 253 g/mol. The van der Waals surface area contributed by atoms with E-state index in [0.29, 0.717) is 17.4 Å². The van der Waals surface area contributed by atoms with E-state index in [0.717, 1.165) is 19.4 Å². The second-order valence-corrected chi connectivity index (χ2v) is 5.09. The maximum absolute atomic E-state index is 13.3. The summed E-state index contributed by atoms with van der Waals surface area (Å²) in [6, 6.07) is 5.55. The first kappa shape index (κ1) is 15.0. The summed E-state index contributed by atoms with van der Waals surface area (Å²) in [7, 11) is 0. The Balaban J connectivity index is 2.31. The molecular weight excluding hydrogens is 229 g/mol. The minimum atomic E-state index is -0.207. The Hall–Kier alpha value is -1.09. The van der Waals surface area contributed by atoms with Crippen LogP contribution < -0.4 is 10.1 Å². The molecule has 0 aliphatic carbocycles. The van der Waals surface area contributed by atoms with Crippen molar-refractivity contribution in [1.29, 1.82) is 0 Å². The van der Waals surface area contributed by atoms with E-state index in [2.05, 4.69) is 19.2 Å². The Morgan fingerprint density at radius 2 is 2.00 bits per heavy atom. The Morgan fingerprint density at radius 3 is 2.61 bits per heavy atom. The number of hydrogen-bond donors (Lipinski definition) is 1. The molecule has 18 heavy (non-hydrogen) atoms. The van der Waals surface area contributed by atoms with Gasteiger partial charge in [-0.15, -0.1) is 0 Å². The topological polar surface area (TPSA) is 21.3 Å². The van der Waals surface area contributed by atoms with Gasteiger partial charge in [0, 0.05) is 12.1 Å². The highest BCUT2D eigenvalue weighted by Crippen LogP contribution is 2.18. The second-order valence-electron chi connectivity index (χ2n) is 5.09. The molecule has 1 unspecified atom stereocenters. The lowest BCUT2D eigenvalue weighted by Crippen LogP contribution is -2.25. The maximum atomic E-state index is 13.3. The number of ether oxygens (including phenoxy) is 1. The quantitative estimate of drug-likeness (QED) is 0.748. The van der Waals surface area contributed by atoms with Crippen LogP contribution in [0.4, 0.5) is 4.39 Å². The number of hydrogen-bond acceptors (Lipinski definition) is 2. The van der Waals surface area contributed by atoms with Crippen LogP contribution in [0.1, 0.15) is 39.2 Å². The van der Waals surface area contributed by atoms with E-state index in [4.69, 9.17) is 4.74 Å². The van der Waals surface area contributed by atoms with E-state index in [-0.39, 0.29) is 11.9 Å². The largest absolute Gasteiger partial charge is 0.491 e. The van der Waals surface area contributed by atoms with Crippen molar-refractivity contribution in [3.05, 3.63) is 29.6 Å². The molecule has 0 radical (unpaired) electrons. The van der Waals surface area contributed by atoms with Crippen LogP contribution in [0.5, 0.6) is 5.75 Å². The van der Waals surface area contributed by atoms with Gasteiger partial charge in [0.2, 0.25) is 0 Å². The molecule has 3 heteroatoms. The van der Waals surface area contributed by atoms with E-state index < -0.39 is 0 Å². The van der Waals surface area contributed by atoms with Gasteiger partial charge in [-0.2, -0.15) is 0 Å². The first-order chi connectivity index (χ1) is 8.49. The zero-order valence-electron chi connectivity index (χ0n) is 11.8. The van der Waals surface area contributed by atoms with Crippen molar-refractivity contribution in [2.24, 2.45) is 0 Å². The van der Waals surface area contributed by atoms with Gasteiger partial charge in [0.05, 0.1) is 6.10 Å². The minimum Gasteiger partial charge on any atom is -0.491 e. The lowest BCUT2D eigenvalue weighted by atomic mass is 10.2. The van der Waals surface area contributed by atoms with Gasteiger partial charge in [0.25, 0.3) is 0 Å². The van der Waals surface area contributed by atoms with Gasteiger partial charge in [-0.1, -0.05) is 19.9 Å². The fourth-order valence-electron chi connectivity index (χ4n) is 1.72. The van der Waals surface area contributed by atoms with E-state index in [1.54, 1.807) is 13.0 Å². The molecule has 0 amide bonds. The van der Waals surface area contributed by atoms with Gasteiger partial charge in [-0.05, 0) is 44.9 Å². The highest BCUT2D eigenvalue weighted by molar-refractivity contribution is 5.28. The third-order valence-electron chi connectivity index (χ3n) is 2.82. The van der Waals surface area contributed by atoms with Crippen LogP contribution in [-0.2, 0) is 0 Å². The molecule has 0 bridgehead atoms. The summed E-state index contributed by atoms with van der Waals surface area (Å²) in [5, 5.41) is 3.37. The van der Waals surface area contributed by atoms with E-state index in [9.17, 15) is 4.39 Å². The van der Waals surface area contributed by atoms with Crippen LogP contribution >= 0.6 is 0 Å². The molecular formula is C15H24FNO. The van der Waals surface area contributed by atoms with E-state index in [1.165, 1.54) is 6.07 Å². The van der Waals surface area contributed by atoms with Gasteiger partial charge in [0.15, 0.2) is 0 Å². The first-order valence-electron chi connectivity index (χ1n) is 6.65. The van der Waals surface area contributed by atoms with Crippen molar-refractivity contribution in [2.45, 2.75) is 52.7 Å². The molecule has 0 fully saturated rings. The summed E-state index contributed by atoms with van der Waals surface area (Å²) in [4.78, 5) is 0. The van der Waals surface area contributed by atoms with Gasteiger partial charge in [-0.25, -0.2) is 4.39 Å². The number of halogens is 1. The molecule has 2 nitrogen and oxygen atoms in total. The standard InChI is InChI=1S/C15H24FNO/c1-11(2)17-9-5-6-13(4)18-14-8-7-12(3)15(16)10-14/h7-8,10-11,13,17H,5-6,9H2,1-4H3. The molecule has 0 saturated heterocycles. The molecule has 1 N–H and O–H groups in total. The highest BCUT2D eigenvalue weighted by Gasteiger charge is 2.06. The normalized spacial score (nSPS) is 12.8. The van der Waals surface area contributed by atoms with Crippen LogP contribution in [0.15, 0.2) is 18.2 Å². The summed E-state index contributed by atoms with van der Waals surface area (Å²) < 4.78 is 19.0. The van der Waals surface area contributed by atoms with Crippen LogP contribution in [0.3, 0.4) is 0 Å². The molecule has 1 rings (SSSR count). The van der Waals surface area contributed by atoms with E-state index in [1.807, 2.05) is 13.0 Å². The van der Waals surface area contributed by atoms with Crippen LogP contribution in [0.25, 0.3) is 0 Å². The number of aryl methyl sites for hydroxylation is 1. The van der Waals surface area contributed by atoms with Crippen LogP contribution in [0.2, 0.25) is 0 Å². The van der Waals surface area contributed by atoms with Crippen molar-refractivity contribution in [3.63, 3.8) is 0 Å². The molecule has 1 atom stereocenters. The zero-order valence-corrected chi connectivity index (χ0v) is 11.8. The van der Waals surface area contributed by atoms with E-state index >= 15 is 0 Å². The van der Waals surface area contributed by atoms with Crippen LogP contribution in [0, 0.1) is 12.7 Å². The Bertz CT molecular complexity index is 366. The smallest absolute Gasteiger partial charge is 0.129 e. The Kier molecular flexibility index (Phi) is 6.13. The SMILES string of the molecule is Cc1ccc(OC(C)CCCNC(C)C)cc1F. The van der Waals surface area contributed by atoms with Crippen molar-refractivity contribution in [1.82, 2.24) is 5.32 Å². The lowest BCUT2D eigenvalue weighted by Gasteiger charge is -2.15. The van der Waals surface area contributed by atoms with Gasteiger partial charge >= 0.3 is 0 Å². The minimum absolute atomic E-state index is 0.112. The highest BCUT2D eigenvalue weighted by atomic mass is 19.1. The molecule has 1 aromatic carbocycles. The third kappa shape index (κ3) is 5.50. The van der Waals surface area contributed by atoms with Gasteiger partial charge in [0.1, 0.15) is 11.6 Å². The Labute approximate surface area is 110 Å². The summed E-state index contributed by atoms with van der Waals surface area (Å²) in [6.07, 6.45) is 2.14. The second kappa shape index (κ2) is 7.37. The number of rotatable bonds is 7. The third-order valence-corrected chi connectivity index (χ3v) is 2.82. The van der Waals surface area contributed by atoms with Gasteiger partial charge < -0.3 is 10.1 Å². The summed E-state index contributed by atoms with van der Waals surface area (Å²) in [5.74, 6) is 0.406. The van der Waals surface area contributed by atoms with Crippen molar-refractivity contribution in [3.8, 4) is 5.75 Å². The summed E-state index contributed by atoms with van der Waals surface area (Å²) in [5.41, 5.74) is 0.649. The number of benzene rings is 1. The summed E-state index contributed by atoms with van der Waals surface area (Å²) in [6.45, 7) is 9.03. The Morgan fingerprint density at radius 1 is 1.28 bits per heavy atom. The fraction of sp³-hybridized carbons (Fsp3) is 0.600. The predicted molar refractivity (Wildman–Crippen MR) is 73.6 cm³/mol. The average Bonchev–Trinajstić information content (AvgIpc) is 2.29. The zero-order chi connectivity index (χ0) is 13.5. The summed E-state index contributed by atoms with van der Waals surface area (Å²) >= 11 is 0. The molecule has 0 aliphatic heterocycles. The molecule has 1 aromatic rings. The van der Waals surface area contributed by atoms with Gasteiger partial charge in [-0.3, -0.25) is 0 Å². The molecule has 0 aliphatic rings. The monoisotopic (exact) mass is 253 g/mol. The molecule has 0 saturated carbocycles. The first-order valence-corrected chi connectivity index (χ1v) is 6.65. The molecule has 102 valence electrons. The predicted octanol–water partition coefficient (Wildman–Crippen LogP) is 3.68. The molecule has 0 aromatic heterocycles. The maximum Gasteiger partial charge on any atom is 0.129 e. The number of nitrogens with one attached hydrogen (secondary N) is 1. The fourth-order valence-corrected chi connectivity index (χ4v) is 1.72. The van der Waals surface area contributed by atoms with Crippen molar-refractivity contribution >= 4 is 0 Å². The molecule has 0 heterocycles. The van der Waals surface area contributed by atoms with Crippen molar-refractivity contribution < 1.29 is 9.13 Å². The molecule has 0 spiro atoms. The van der Waals surface area contributed by atoms with Crippen molar-refractivity contribution in [2.75, 3.05) is 6.54 Å². The lowest BCUT2D eigenvalue weighted by molar-refractivity contribution is 0.206.